The van der Waals surface area contributed by atoms with Gasteiger partial charge in [0, 0.05) is 29.8 Å². The maximum atomic E-state index is 11.4. The van der Waals surface area contributed by atoms with Crippen molar-refractivity contribution in [3.63, 3.8) is 0 Å². The van der Waals surface area contributed by atoms with Gasteiger partial charge in [-0.15, -0.1) is 0 Å². The van der Waals surface area contributed by atoms with Gasteiger partial charge in [0.15, 0.2) is 0 Å². The zero-order chi connectivity index (χ0) is 14.7. The summed E-state index contributed by atoms with van der Waals surface area (Å²) in [5, 5.41) is 18.7. The molecule has 6 heteroatoms. The number of likely N-dealkylation sites (N-methyl/N-ethyl adjacent to an activating group) is 1. The number of rotatable bonds is 5. The van der Waals surface area contributed by atoms with Crippen molar-refractivity contribution in [2.45, 2.75) is 13.5 Å². The molecule has 0 atom stereocenters. The summed E-state index contributed by atoms with van der Waals surface area (Å²) in [6.45, 7) is 1.97. The van der Waals surface area contributed by atoms with E-state index in [0.29, 0.717) is 28.8 Å². The molecule has 0 fully saturated rings. The third kappa shape index (κ3) is 2.80. The average molecular weight is 277 g/mol. The lowest BCUT2D eigenvalue weighted by atomic mass is 10.1. The second-order valence-electron chi connectivity index (χ2n) is 4.34. The van der Waals surface area contributed by atoms with Crippen LogP contribution in [0.3, 0.4) is 0 Å². The van der Waals surface area contributed by atoms with Gasteiger partial charge >= 0.3 is 11.6 Å². The largest absolute Gasteiger partial charge is 0.480 e. The molecule has 0 radical (unpaired) electrons. The Morgan fingerprint density at radius 1 is 1.35 bits per heavy atom. The number of benzene rings is 1. The monoisotopic (exact) mass is 277 g/mol. The molecular weight excluding hydrogens is 262 g/mol. The van der Waals surface area contributed by atoms with Crippen LogP contribution in [0, 0.1) is 0 Å². The molecule has 0 amide bonds. The Balaban J connectivity index is 2.52. The van der Waals surface area contributed by atoms with Crippen LogP contribution in [0.1, 0.15) is 12.5 Å². The summed E-state index contributed by atoms with van der Waals surface area (Å²) >= 11 is 0. The second kappa shape index (κ2) is 5.75. The van der Waals surface area contributed by atoms with Crippen molar-refractivity contribution in [2.75, 3.05) is 18.0 Å². The molecule has 1 aromatic heterocycles. The lowest BCUT2D eigenvalue weighted by Crippen LogP contribution is -2.29. The summed E-state index contributed by atoms with van der Waals surface area (Å²) < 4.78 is 5.10. The predicted octanol–water partition coefficient (Wildman–Crippen LogP) is 1.20. The number of hydrogen-bond acceptors (Lipinski definition) is 5. The highest BCUT2D eigenvalue weighted by molar-refractivity contribution is 5.84. The first-order chi connectivity index (χ1) is 9.55. The predicted molar refractivity (Wildman–Crippen MR) is 73.9 cm³/mol. The summed E-state index contributed by atoms with van der Waals surface area (Å²) in [5.41, 5.74) is 0.938. The van der Waals surface area contributed by atoms with Crippen LogP contribution in [0.15, 0.2) is 33.5 Å². The molecule has 0 aliphatic carbocycles. The summed E-state index contributed by atoms with van der Waals surface area (Å²) in [7, 11) is 0. The highest BCUT2D eigenvalue weighted by atomic mass is 16.4. The second-order valence-corrected chi connectivity index (χ2v) is 4.34. The van der Waals surface area contributed by atoms with Crippen LogP contribution in [0.25, 0.3) is 11.0 Å². The zero-order valence-electron chi connectivity index (χ0n) is 11.0. The fraction of sp³-hybridized carbons (Fsp3) is 0.286. The first-order valence-electron chi connectivity index (χ1n) is 6.19. The molecule has 20 heavy (non-hydrogen) atoms. The van der Waals surface area contributed by atoms with E-state index in [4.69, 9.17) is 9.52 Å². The molecule has 106 valence electrons. The molecule has 2 N–H and O–H groups in total. The van der Waals surface area contributed by atoms with Crippen molar-refractivity contribution in [2.24, 2.45) is 0 Å². The number of hydrogen-bond donors (Lipinski definition) is 2. The quantitative estimate of drug-likeness (QED) is 0.798. The number of aliphatic hydroxyl groups excluding tert-OH is 1. The van der Waals surface area contributed by atoms with Gasteiger partial charge in [0.05, 0.1) is 6.61 Å². The van der Waals surface area contributed by atoms with Crippen molar-refractivity contribution in [3.8, 4) is 0 Å². The normalized spacial score (nSPS) is 10.7. The van der Waals surface area contributed by atoms with Gasteiger partial charge in [-0.1, -0.05) is 0 Å². The fourth-order valence-corrected chi connectivity index (χ4v) is 2.10. The van der Waals surface area contributed by atoms with Gasteiger partial charge in [0.25, 0.3) is 0 Å². The summed E-state index contributed by atoms with van der Waals surface area (Å²) in [5.74, 6) is -0.933. The molecule has 6 nitrogen and oxygen atoms in total. The maximum absolute atomic E-state index is 11.4. The third-order valence-electron chi connectivity index (χ3n) is 3.06. The SMILES string of the molecule is CCN(CC(=O)O)c1ccc2c(CO)cc(=O)oc2c1. The lowest BCUT2D eigenvalue weighted by molar-refractivity contribution is -0.135. The Kier molecular flexibility index (Phi) is 4.05. The molecule has 1 aromatic carbocycles. The van der Waals surface area contributed by atoms with E-state index in [0.717, 1.165) is 0 Å². The van der Waals surface area contributed by atoms with E-state index in [1.165, 1.54) is 6.07 Å². The zero-order valence-corrected chi connectivity index (χ0v) is 11.0. The van der Waals surface area contributed by atoms with Gasteiger partial charge in [-0.2, -0.15) is 0 Å². The van der Waals surface area contributed by atoms with Crippen LogP contribution in [-0.4, -0.2) is 29.3 Å². The van der Waals surface area contributed by atoms with Crippen molar-refractivity contribution in [1.29, 1.82) is 0 Å². The minimum Gasteiger partial charge on any atom is -0.480 e. The lowest BCUT2D eigenvalue weighted by Gasteiger charge is -2.21. The molecule has 2 rings (SSSR count). The smallest absolute Gasteiger partial charge is 0.336 e. The van der Waals surface area contributed by atoms with E-state index < -0.39 is 11.6 Å². The van der Waals surface area contributed by atoms with E-state index in [9.17, 15) is 14.7 Å². The number of anilines is 1. The van der Waals surface area contributed by atoms with E-state index in [2.05, 4.69) is 0 Å². The van der Waals surface area contributed by atoms with Crippen molar-refractivity contribution < 1.29 is 19.4 Å². The van der Waals surface area contributed by atoms with Gasteiger partial charge in [-0.25, -0.2) is 4.79 Å². The summed E-state index contributed by atoms with van der Waals surface area (Å²) in [6.07, 6.45) is 0. The van der Waals surface area contributed by atoms with Gasteiger partial charge in [-0.3, -0.25) is 4.79 Å². The van der Waals surface area contributed by atoms with Crippen molar-refractivity contribution >= 4 is 22.6 Å². The van der Waals surface area contributed by atoms with Crippen LogP contribution in [0.2, 0.25) is 0 Å². The minimum atomic E-state index is -0.933. The Bertz CT molecular complexity index is 692. The van der Waals surface area contributed by atoms with Gasteiger partial charge in [0.1, 0.15) is 12.1 Å². The van der Waals surface area contributed by atoms with E-state index in [1.807, 2.05) is 6.92 Å². The minimum absolute atomic E-state index is 0.133. The number of fused-ring (bicyclic) bond motifs is 1. The standard InChI is InChI=1S/C14H15NO5/c1-2-15(7-13(17)18)10-3-4-11-9(8-16)5-14(19)20-12(11)6-10/h3-6,16H,2,7-8H2,1H3,(H,17,18). The topological polar surface area (TPSA) is 91.0 Å². The van der Waals surface area contributed by atoms with Gasteiger partial charge in [-0.05, 0) is 24.6 Å². The molecule has 1 heterocycles. The number of aliphatic hydroxyl groups is 1. The fourth-order valence-electron chi connectivity index (χ4n) is 2.10. The molecule has 0 saturated heterocycles. The molecule has 0 aliphatic heterocycles. The van der Waals surface area contributed by atoms with Gasteiger partial charge < -0.3 is 19.5 Å². The Labute approximate surface area is 114 Å². The molecule has 0 unspecified atom stereocenters. The van der Waals surface area contributed by atoms with E-state index >= 15 is 0 Å². The number of nitrogens with zero attached hydrogens (tertiary/aromatic N) is 1. The number of carbonyl (C=O) groups is 1. The summed E-state index contributed by atoms with van der Waals surface area (Å²) in [6, 6.07) is 6.32. The molecule has 0 saturated carbocycles. The number of carboxylic acid groups (broad SMARTS) is 1. The first-order valence-corrected chi connectivity index (χ1v) is 6.19. The van der Waals surface area contributed by atoms with Crippen molar-refractivity contribution in [3.05, 3.63) is 40.2 Å². The third-order valence-corrected chi connectivity index (χ3v) is 3.06. The van der Waals surface area contributed by atoms with Crippen LogP contribution < -0.4 is 10.5 Å². The number of carboxylic acids is 1. The average Bonchev–Trinajstić information content (AvgIpc) is 2.42. The Morgan fingerprint density at radius 3 is 2.70 bits per heavy atom. The molecule has 0 spiro atoms. The first kappa shape index (κ1) is 14.1. The highest BCUT2D eigenvalue weighted by Crippen LogP contribution is 2.23. The molecular formula is C14H15NO5. The van der Waals surface area contributed by atoms with Crippen LogP contribution in [0.5, 0.6) is 0 Å². The molecule has 0 bridgehead atoms. The maximum Gasteiger partial charge on any atom is 0.336 e. The van der Waals surface area contributed by atoms with Crippen LogP contribution in [0.4, 0.5) is 5.69 Å². The van der Waals surface area contributed by atoms with E-state index in [1.54, 1.807) is 23.1 Å². The molecule has 0 aliphatic rings. The number of aliphatic carboxylic acids is 1. The van der Waals surface area contributed by atoms with Crippen LogP contribution in [-0.2, 0) is 11.4 Å². The highest BCUT2D eigenvalue weighted by Gasteiger charge is 2.11. The Morgan fingerprint density at radius 2 is 2.10 bits per heavy atom. The Hall–Kier alpha value is -2.34. The van der Waals surface area contributed by atoms with E-state index in [-0.39, 0.29) is 13.2 Å². The van der Waals surface area contributed by atoms with Crippen molar-refractivity contribution in [1.82, 2.24) is 0 Å². The van der Waals surface area contributed by atoms with Crippen LogP contribution >= 0.6 is 0 Å². The molecule has 2 aromatic rings. The summed E-state index contributed by atoms with van der Waals surface area (Å²) in [4.78, 5) is 23.9. The van der Waals surface area contributed by atoms with Gasteiger partial charge in [0.2, 0.25) is 0 Å².